The molecule has 0 fully saturated rings. The van der Waals surface area contributed by atoms with Crippen LogP contribution in [0.3, 0.4) is 0 Å². The van der Waals surface area contributed by atoms with Crippen LogP contribution in [-0.4, -0.2) is 0 Å². The maximum absolute atomic E-state index is 5.77. The van der Waals surface area contributed by atoms with Gasteiger partial charge >= 0.3 is 0 Å². The van der Waals surface area contributed by atoms with E-state index < -0.39 is 0 Å². The monoisotopic (exact) mass is 143 g/mol. The molecule has 1 rings (SSSR count). The third kappa shape index (κ3) is 1.50. The Bertz CT molecular complexity index is 173. The van der Waals surface area contributed by atoms with Crippen molar-refractivity contribution in [2.45, 2.75) is 19.5 Å². The number of rotatable bonds is 1. The summed E-state index contributed by atoms with van der Waals surface area (Å²) in [7, 11) is 0. The predicted molar refractivity (Wildman–Crippen MR) is 38.0 cm³/mol. The highest BCUT2D eigenvalue weighted by atomic mass is 32.1. The van der Waals surface area contributed by atoms with E-state index in [1.165, 1.54) is 0 Å². The largest absolute Gasteiger partial charge is 0.270 e. The quantitative estimate of drug-likeness (QED) is 0.576. The molecule has 0 spiro atoms. The van der Waals surface area contributed by atoms with Crippen molar-refractivity contribution in [3.63, 3.8) is 0 Å². The van der Waals surface area contributed by atoms with Gasteiger partial charge in [-0.25, -0.2) is 0 Å². The fourth-order valence-electron chi connectivity index (χ4n) is 0.577. The Morgan fingerprint density at radius 1 is 1.56 bits per heavy atom. The van der Waals surface area contributed by atoms with Crippen LogP contribution in [-0.2, 0) is 5.66 Å². The molecule has 3 heteroatoms. The number of aromatic nitrogens is 1. The highest BCUT2D eigenvalue weighted by Gasteiger charge is 2.22. The van der Waals surface area contributed by atoms with Crippen LogP contribution in [0.25, 0.3) is 0 Å². The summed E-state index contributed by atoms with van der Waals surface area (Å²) in [5.41, 5.74) is 5.53. The lowest BCUT2D eigenvalue weighted by atomic mass is 10.3. The molecule has 0 radical (unpaired) electrons. The lowest BCUT2D eigenvalue weighted by Gasteiger charge is -2.07. The molecular weight excluding hydrogens is 132 g/mol. The van der Waals surface area contributed by atoms with Crippen LogP contribution in [0.2, 0.25) is 0 Å². The molecule has 0 amide bonds. The molecule has 0 aliphatic heterocycles. The first-order chi connectivity index (χ1) is 4.11. The average molecular weight is 143 g/mol. The molecule has 1 heterocycles. The first kappa shape index (κ1) is 6.71. The Labute approximate surface area is 59.1 Å². The summed E-state index contributed by atoms with van der Waals surface area (Å²) in [4.78, 5) is 0. The van der Waals surface area contributed by atoms with E-state index in [1.807, 2.05) is 35.4 Å². The van der Waals surface area contributed by atoms with Crippen LogP contribution >= 0.6 is 11.5 Å². The standard InChI is InChI=1S/C6H11N2S/c1-6(2,7)8-4-3-5-9-8/h3-5H,7H2,1-2H3/q+1. The van der Waals surface area contributed by atoms with Gasteiger partial charge in [0, 0.05) is 19.9 Å². The van der Waals surface area contributed by atoms with E-state index in [1.54, 1.807) is 11.5 Å². The van der Waals surface area contributed by atoms with Crippen molar-refractivity contribution in [1.29, 1.82) is 0 Å². The predicted octanol–water partition coefficient (Wildman–Crippen LogP) is 0.687. The minimum Gasteiger partial charge on any atom is -0.270 e. The molecule has 2 N–H and O–H groups in total. The van der Waals surface area contributed by atoms with Crippen LogP contribution in [0.15, 0.2) is 17.6 Å². The van der Waals surface area contributed by atoms with E-state index in [0.717, 1.165) is 0 Å². The van der Waals surface area contributed by atoms with Gasteiger partial charge < -0.3 is 0 Å². The van der Waals surface area contributed by atoms with E-state index in [0.29, 0.717) is 0 Å². The molecule has 2 nitrogen and oxygen atoms in total. The molecule has 1 aromatic rings. The van der Waals surface area contributed by atoms with Crippen LogP contribution in [0.4, 0.5) is 0 Å². The summed E-state index contributed by atoms with van der Waals surface area (Å²) in [6, 6.07) is 1.99. The van der Waals surface area contributed by atoms with Gasteiger partial charge in [-0.1, -0.05) is 0 Å². The van der Waals surface area contributed by atoms with Gasteiger partial charge in [0.2, 0.25) is 5.66 Å². The Hall–Kier alpha value is -0.410. The molecule has 9 heavy (non-hydrogen) atoms. The molecule has 0 atom stereocenters. The van der Waals surface area contributed by atoms with Gasteiger partial charge in [-0.3, -0.25) is 5.73 Å². The van der Waals surface area contributed by atoms with E-state index in [9.17, 15) is 0 Å². The second-order valence-corrected chi connectivity index (χ2v) is 3.44. The van der Waals surface area contributed by atoms with Gasteiger partial charge in [-0.05, 0) is 0 Å². The molecule has 0 aliphatic carbocycles. The summed E-state index contributed by atoms with van der Waals surface area (Å²) in [5.74, 6) is 0. The third-order valence-corrected chi connectivity index (χ3v) is 2.14. The average Bonchev–Trinajstić information content (AvgIpc) is 2.08. The minimum absolute atomic E-state index is 0.242. The van der Waals surface area contributed by atoms with E-state index >= 15 is 0 Å². The zero-order valence-corrected chi connectivity index (χ0v) is 6.48. The van der Waals surface area contributed by atoms with Crippen molar-refractivity contribution in [2.24, 2.45) is 5.73 Å². The van der Waals surface area contributed by atoms with Gasteiger partial charge in [0.15, 0.2) is 6.20 Å². The van der Waals surface area contributed by atoms with Gasteiger partial charge in [-0.15, -0.1) is 3.96 Å². The minimum atomic E-state index is -0.242. The summed E-state index contributed by atoms with van der Waals surface area (Å²) in [6.07, 6.45) is 1.98. The smallest absolute Gasteiger partial charge is 0.227 e. The molecule has 0 aliphatic rings. The zero-order valence-electron chi connectivity index (χ0n) is 5.66. The summed E-state index contributed by atoms with van der Waals surface area (Å²) in [6.45, 7) is 3.95. The zero-order chi connectivity index (χ0) is 6.91. The molecule has 0 bridgehead atoms. The first-order valence-corrected chi connectivity index (χ1v) is 3.69. The lowest BCUT2D eigenvalue weighted by Crippen LogP contribution is -2.55. The molecule has 0 saturated heterocycles. The Morgan fingerprint density at radius 3 is 2.44 bits per heavy atom. The normalized spacial score (nSPS) is 11.9. The van der Waals surface area contributed by atoms with Crippen molar-refractivity contribution in [1.82, 2.24) is 0 Å². The first-order valence-electron chi connectivity index (χ1n) is 2.86. The number of hydrogen-bond donors (Lipinski definition) is 1. The van der Waals surface area contributed by atoms with E-state index in [2.05, 4.69) is 0 Å². The number of hydrogen-bond acceptors (Lipinski definition) is 2. The lowest BCUT2D eigenvalue weighted by molar-refractivity contribution is -0.695. The molecule has 0 unspecified atom stereocenters. The van der Waals surface area contributed by atoms with Gasteiger partial charge in [0.1, 0.15) is 11.5 Å². The van der Waals surface area contributed by atoms with E-state index in [4.69, 9.17) is 5.73 Å². The Balaban J connectivity index is 2.90. The van der Waals surface area contributed by atoms with Gasteiger partial charge in [0.05, 0.1) is 5.38 Å². The molecule has 0 aromatic carbocycles. The van der Waals surface area contributed by atoms with Crippen LogP contribution in [0.1, 0.15) is 13.8 Å². The second-order valence-electron chi connectivity index (χ2n) is 2.56. The molecule has 50 valence electrons. The number of nitrogens with zero attached hydrogens (tertiary/aromatic N) is 1. The van der Waals surface area contributed by atoms with Crippen LogP contribution in [0.5, 0.6) is 0 Å². The maximum atomic E-state index is 5.77. The summed E-state index contributed by atoms with van der Waals surface area (Å²) >= 11 is 1.62. The molecular formula is C6H11N2S+. The van der Waals surface area contributed by atoms with Crippen molar-refractivity contribution in [3.05, 3.63) is 17.6 Å². The second kappa shape index (κ2) is 2.08. The van der Waals surface area contributed by atoms with Gasteiger partial charge in [0.25, 0.3) is 0 Å². The Kier molecular flexibility index (Phi) is 1.55. The van der Waals surface area contributed by atoms with Crippen molar-refractivity contribution < 1.29 is 3.96 Å². The maximum Gasteiger partial charge on any atom is 0.227 e. The van der Waals surface area contributed by atoms with E-state index in [-0.39, 0.29) is 5.66 Å². The van der Waals surface area contributed by atoms with Crippen molar-refractivity contribution in [2.75, 3.05) is 0 Å². The molecule has 0 saturated carbocycles. The highest BCUT2D eigenvalue weighted by Crippen LogP contribution is 1.98. The van der Waals surface area contributed by atoms with Crippen molar-refractivity contribution >= 4 is 11.5 Å². The van der Waals surface area contributed by atoms with Gasteiger partial charge in [-0.2, -0.15) is 0 Å². The molecule has 1 aromatic heterocycles. The topological polar surface area (TPSA) is 29.9 Å². The summed E-state index contributed by atoms with van der Waals surface area (Å²) < 4.78 is 2.01. The highest BCUT2D eigenvalue weighted by molar-refractivity contribution is 6.99. The fraction of sp³-hybridized carbons (Fsp3) is 0.500. The SMILES string of the molecule is CC(C)(N)[n+]1cccs1. The third-order valence-electron chi connectivity index (χ3n) is 1.04. The van der Waals surface area contributed by atoms with Crippen LogP contribution in [0, 0.1) is 0 Å². The van der Waals surface area contributed by atoms with Crippen LogP contribution < -0.4 is 9.69 Å². The van der Waals surface area contributed by atoms with Crippen molar-refractivity contribution in [3.8, 4) is 0 Å². The Morgan fingerprint density at radius 2 is 2.22 bits per heavy atom. The number of nitrogens with two attached hydrogens (primary N) is 1. The summed E-state index contributed by atoms with van der Waals surface area (Å²) in [5, 5.41) is 2.01. The fourth-order valence-corrected chi connectivity index (χ4v) is 1.26.